The highest BCUT2D eigenvalue weighted by molar-refractivity contribution is 6.30. The van der Waals surface area contributed by atoms with Gasteiger partial charge < -0.3 is 9.64 Å². The zero-order valence-corrected chi connectivity index (χ0v) is 26.8. The molecule has 3 aromatic rings. The summed E-state index contributed by atoms with van der Waals surface area (Å²) in [6, 6.07) is 18.3. The normalized spacial score (nSPS) is 14.6. The minimum Gasteiger partial charge on any atom is -0.496 e. The van der Waals surface area contributed by atoms with E-state index in [9.17, 15) is 18.0 Å². The molecule has 1 fully saturated rings. The van der Waals surface area contributed by atoms with Gasteiger partial charge in [0.2, 0.25) is 5.91 Å². The summed E-state index contributed by atoms with van der Waals surface area (Å²) in [5.74, 6) is 1.27. The number of halogens is 4. The summed E-state index contributed by atoms with van der Waals surface area (Å²) in [6.07, 6.45) is 1.27. The summed E-state index contributed by atoms with van der Waals surface area (Å²) in [6.45, 7) is 11.2. The SMILES string of the molecule is CC=N/C=C(/CCN1CCN(c2cccc(Cl)c2)C(=O)C1)C(C)C.CCc1ccc(-c2ccc(C(F)(F)F)cc2)c(OC)c1. The van der Waals surface area contributed by atoms with E-state index in [1.54, 1.807) is 13.3 Å². The van der Waals surface area contributed by atoms with Crippen LogP contribution >= 0.6 is 11.6 Å². The van der Waals surface area contributed by atoms with Crippen LogP contribution in [0.3, 0.4) is 0 Å². The summed E-state index contributed by atoms with van der Waals surface area (Å²) >= 11 is 6.03. The van der Waals surface area contributed by atoms with Gasteiger partial charge in [-0.15, -0.1) is 0 Å². The molecule has 0 N–H and O–H groups in total. The third-order valence-corrected chi connectivity index (χ3v) is 7.70. The van der Waals surface area contributed by atoms with Crippen LogP contribution in [0.5, 0.6) is 5.75 Å². The van der Waals surface area contributed by atoms with Crippen molar-refractivity contribution in [3.63, 3.8) is 0 Å². The Morgan fingerprint density at radius 1 is 1.07 bits per heavy atom. The Morgan fingerprint density at radius 2 is 1.80 bits per heavy atom. The molecule has 0 aromatic heterocycles. The molecule has 0 spiro atoms. The minimum atomic E-state index is -4.31. The largest absolute Gasteiger partial charge is 0.496 e. The quantitative estimate of drug-likeness (QED) is 0.223. The van der Waals surface area contributed by atoms with E-state index in [0.717, 1.165) is 54.9 Å². The fourth-order valence-electron chi connectivity index (χ4n) is 4.82. The van der Waals surface area contributed by atoms with E-state index in [1.165, 1.54) is 17.7 Å². The Bertz CT molecular complexity index is 1440. The lowest BCUT2D eigenvalue weighted by Gasteiger charge is -2.34. The van der Waals surface area contributed by atoms with Crippen molar-refractivity contribution in [3.8, 4) is 16.9 Å². The number of piperazine rings is 1. The fourth-order valence-corrected chi connectivity index (χ4v) is 5.01. The van der Waals surface area contributed by atoms with Crippen LogP contribution in [0.4, 0.5) is 18.9 Å². The molecule has 9 heteroatoms. The van der Waals surface area contributed by atoms with Gasteiger partial charge in [-0.25, -0.2) is 0 Å². The van der Waals surface area contributed by atoms with Crippen LogP contribution in [-0.4, -0.2) is 50.3 Å². The van der Waals surface area contributed by atoms with Crippen LogP contribution in [0, 0.1) is 5.92 Å². The molecule has 0 radical (unpaired) electrons. The second kappa shape index (κ2) is 16.5. The van der Waals surface area contributed by atoms with E-state index in [0.29, 0.717) is 35.3 Å². The highest BCUT2D eigenvalue weighted by atomic mass is 35.5. The monoisotopic (exact) mass is 627 g/mol. The predicted octanol–water partition coefficient (Wildman–Crippen LogP) is 8.95. The van der Waals surface area contributed by atoms with Gasteiger partial charge in [-0.05, 0) is 78.8 Å². The summed E-state index contributed by atoms with van der Waals surface area (Å²) in [7, 11) is 1.56. The third kappa shape index (κ3) is 9.96. The number of methoxy groups -OCH3 is 1. The number of alkyl halides is 3. The molecule has 4 rings (SSSR count). The molecule has 44 heavy (non-hydrogen) atoms. The molecular formula is C35H41ClF3N3O2. The number of carbonyl (C=O) groups is 1. The molecule has 1 amide bonds. The standard InChI is InChI=1S/C19H26ClN3O.C16H15F3O/c1-4-21-13-16(15(2)3)8-9-22-10-11-23(19(24)14-22)18-7-5-6-17(20)12-18;1-3-11-4-9-14(15(10-11)20-2)12-5-7-13(8-6-12)16(17,18)19/h4-7,12-13,15H,8-11,14H2,1-3H3;4-10H,3H2,1-2H3/b16-13-,21-4?;. The number of hydrogen-bond donors (Lipinski definition) is 0. The maximum absolute atomic E-state index is 12.5. The number of carbonyl (C=O) groups excluding carboxylic acids is 1. The minimum absolute atomic E-state index is 0.130. The highest BCUT2D eigenvalue weighted by Crippen LogP contribution is 2.34. The highest BCUT2D eigenvalue weighted by Gasteiger charge is 2.30. The van der Waals surface area contributed by atoms with Crippen molar-refractivity contribution in [2.45, 2.75) is 46.7 Å². The van der Waals surface area contributed by atoms with E-state index in [2.05, 4.69) is 23.7 Å². The molecule has 0 aliphatic carbocycles. The molecule has 0 bridgehead atoms. The average molecular weight is 628 g/mol. The van der Waals surface area contributed by atoms with Crippen molar-refractivity contribution in [1.82, 2.24) is 4.90 Å². The summed E-state index contributed by atoms with van der Waals surface area (Å²) in [4.78, 5) is 20.7. The lowest BCUT2D eigenvalue weighted by atomic mass is 10.0. The molecule has 0 saturated carbocycles. The van der Waals surface area contributed by atoms with E-state index in [4.69, 9.17) is 16.3 Å². The zero-order valence-electron chi connectivity index (χ0n) is 26.0. The Kier molecular flexibility index (Phi) is 13.0. The van der Waals surface area contributed by atoms with Crippen LogP contribution in [-0.2, 0) is 17.4 Å². The van der Waals surface area contributed by atoms with Gasteiger partial charge in [-0.2, -0.15) is 13.2 Å². The maximum Gasteiger partial charge on any atom is 0.416 e. The first-order valence-electron chi connectivity index (χ1n) is 14.8. The maximum atomic E-state index is 12.5. The Morgan fingerprint density at radius 3 is 2.36 bits per heavy atom. The number of nitrogens with zero attached hydrogens (tertiary/aromatic N) is 3. The molecule has 3 aromatic carbocycles. The fraction of sp³-hybridized carbons (Fsp3) is 0.371. The first-order chi connectivity index (χ1) is 21.0. The molecule has 1 heterocycles. The average Bonchev–Trinajstić information content (AvgIpc) is 3.00. The van der Waals surface area contributed by atoms with E-state index < -0.39 is 11.7 Å². The van der Waals surface area contributed by atoms with Gasteiger partial charge in [-0.3, -0.25) is 14.7 Å². The van der Waals surface area contributed by atoms with Crippen molar-refractivity contribution in [2.75, 3.05) is 38.2 Å². The van der Waals surface area contributed by atoms with E-state index in [1.807, 2.05) is 67.4 Å². The van der Waals surface area contributed by atoms with Crippen LogP contribution in [0.15, 0.2) is 83.5 Å². The first-order valence-corrected chi connectivity index (χ1v) is 15.1. The zero-order chi connectivity index (χ0) is 32.3. The van der Waals surface area contributed by atoms with E-state index in [-0.39, 0.29) is 5.91 Å². The van der Waals surface area contributed by atoms with Crippen molar-refractivity contribution in [3.05, 3.63) is 94.7 Å². The van der Waals surface area contributed by atoms with Gasteiger partial charge in [0, 0.05) is 48.3 Å². The lowest BCUT2D eigenvalue weighted by Crippen LogP contribution is -2.50. The van der Waals surface area contributed by atoms with Crippen molar-refractivity contribution >= 4 is 29.4 Å². The number of rotatable bonds is 9. The molecule has 0 unspecified atom stereocenters. The van der Waals surface area contributed by atoms with Gasteiger partial charge in [0.1, 0.15) is 5.75 Å². The molecule has 236 valence electrons. The van der Waals surface area contributed by atoms with Crippen LogP contribution < -0.4 is 9.64 Å². The Hall–Kier alpha value is -3.62. The van der Waals surface area contributed by atoms with Gasteiger partial charge in [0.25, 0.3) is 0 Å². The number of aliphatic imine (C=N–C) groups is 1. The molecule has 1 aliphatic rings. The second-order valence-corrected chi connectivity index (χ2v) is 11.2. The molecule has 0 atom stereocenters. The van der Waals surface area contributed by atoms with E-state index >= 15 is 0 Å². The number of ether oxygens (including phenoxy) is 1. The van der Waals surface area contributed by atoms with Crippen molar-refractivity contribution in [1.29, 1.82) is 0 Å². The number of amides is 1. The second-order valence-electron chi connectivity index (χ2n) is 10.8. The number of hydrogen-bond acceptors (Lipinski definition) is 4. The number of aryl methyl sites for hydroxylation is 1. The van der Waals surface area contributed by atoms with Gasteiger partial charge >= 0.3 is 6.18 Å². The molecular weight excluding hydrogens is 587 g/mol. The van der Waals surface area contributed by atoms with Gasteiger partial charge in [0.15, 0.2) is 0 Å². The summed E-state index contributed by atoms with van der Waals surface area (Å²) in [5.41, 5.74) is 4.17. The topological polar surface area (TPSA) is 45.1 Å². The molecule has 1 saturated heterocycles. The number of benzene rings is 3. The van der Waals surface area contributed by atoms with Crippen molar-refractivity contribution in [2.24, 2.45) is 10.9 Å². The van der Waals surface area contributed by atoms with Gasteiger partial charge in [-0.1, -0.05) is 62.7 Å². The molecule has 5 nitrogen and oxygen atoms in total. The van der Waals surface area contributed by atoms with Gasteiger partial charge in [0.05, 0.1) is 19.2 Å². The molecule has 1 aliphatic heterocycles. The third-order valence-electron chi connectivity index (χ3n) is 7.46. The first kappa shape index (κ1) is 34.9. The Labute approximate surface area is 264 Å². The van der Waals surface area contributed by atoms with Crippen LogP contribution in [0.2, 0.25) is 5.02 Å². The van der Waals surface area contributed by atoms with Crippen LogP contribution in [0.1, 0.15) is 45.2 Å². The number of anilines is 1. The smallest absolute Gasteiger partial charge is 0.416 e. The summed E-state index contributed by atoms with van der Waals surface area (Å²) in [5, 5.41) is 0.658. The lowest BCUT2D eigenvalue weighted by molar-refractivity contribution is -0.137. The Balaban J connectivity index is 0.000000244. The predicted molar refractivity (Wildman–Crippen MR) is 175 cm³/mol. The summed E-state index contributed by atoms with van der Waals surface area (Å²) < 4.78 is 42.9. The van der Waals surface area contributed by atoms with Crippen molar-refractivity contribution < 1.29 is 22.7 Å². The van der Waals surface area contributed by atoms with Crippen LogP contribution in [0.25, 0.3) is 11.1 Å².